The number of hydrogen-bond acceptors (Lipinski definition) is 12. The molecule has 0 saturated heterocycles. The van der Waals surface area contributed by atoms with E-state index in [2.05, 4.69) is 191 Å². The lowest BCUT2D eigenvalue weighted by atomic mass is 9.97. The van der Waals surface area contributed by atoms with Crippen molar-refractivity contribution in [3.8, 4) is 91.2 Å². The van der Waals surface area contributed by atoms with Crippen LogP contribution in [0, 0.1) is 0 Å². The molecule has 8 aromatic heterocycles. The molecule has 0 N–H and O–H groups in total. The molecule has 0 atom stereocenters. The van der Waals surface area contributed by atoms with Crippen LogP contribution in [0.15, 0.2) is 306 Å². The monoisotopic (exact) mass is 1290 g/mol. The minimum Gasteiger partial charge on any atom is -0.436 e. The zero-order valence-electron chi connectivity index (χ0n) is 52.6. The number of fused-ring (bicyclic) bond motifs is 15. The van der Waals surface area contributed by atoms with Crippen LogP contribution in [0.1, 0.15) is 0 Å². The van der Waals surface area contributed by atoms with E-state index in [0.717, 1.165) is 176 Å². The Balaban J connectivity index is 0.634. The number of benzene rings is 14. The minimum atomic E-state index is 0.498. The van der Waals surface area contributed by atoms with Crippen LogP contribution in [0.5, 0.6) is 0 Å². The highest BCUT2D eigenvalue weighted by Crippen LogP contribution is 2.44. The van der Waals surface area contributed by atoms with Gasteiger partial charge in [-0.15, -0.1) is 0 Å². The summed E-state index contributed by atoms with van der Waals surface area (Å²) in [4.78, 5) is 29.9. The van der Waals surface area contributed by atoms with Gasteiger partial charge in [-0.1, -0.05) is 91.0 Å². The molecule has 0 amide bonds. The van der Waals surface area contributed by atoms with Crippen molar-refractivity contribution in [1.82, 2.24) is 39.0 Å². The van der Waals surface area contributed by atoms with Crippen molar-refractivity contribution < 1.29 is 26.5 Å². The van der Waals surface area contributed by atoms with Crippen molar-refractivity contribution >= 4 is 132 Å². The summed E-state index contributed by atoms with van der Waals surface area (Å²) in [5.41, 5.74) is 22.0. The van der Waals surface area contributed by atoms with Gasteiger partial charge in [0.05, 0.1) is 22.1 Å². The average molecular weight is 1290 g/mol. The zero-order chi connectivity index (χ0) is 65.3. The van der Waals surface area contributed by atoms with E-state index >= 15 is 0 Å². The van der Waals surface area contributed by atoms with E-state index in [1.807, 2.05) is 97.1 Å². The number of aromatic nitrogens is 8. The van der Waals surface area contributed by atoms with Crippen LogP contribution in [-0.4, -0.2) is 39.0 Å². The van der Waals surface area contributed by atoms with Gasteiger partial charge >= 0.3 is 0 Å². The van der Waals surface area contributed by atoms with Crippen molar-refractivity contribution in [1.29, 1.82) is 0 Å². The molecule has 0 unspecified atom stereocenters. The summed E-state index contributed by atoms with van der Waals surface area (Å²) < 4.78 is 43.5. The standard InChI is InChI=1S/C86H46N8O6/c1-2-12-50-44-79-69(43-49(50)11-1)91-85(99-79)54-28-37-73-63(41-54)62-40-53(27-36-72(62)93(73)56-30-21-47(22-31-56)81-87-65-15-5-8-18-75(65)95-81)84-90-68-34-25-51(45-78(68)98-84)60-46-70-80(59-14-4-3-13-58(59)60)100-86(92-70)55-29-38-74-64(42-55)61-39-52(83-89-67-17-7-10-20-77(67)97-83)26-35-71(61)94(74)57-32-23-48(24-33-57)82-88-66-16-6-9-19-76(66)96-82/h1-46H. The summed E-state index contributed by atoms with van der Waals surface area (Å²) >= 11 is 0. The second-order valence-electron chi connectivity index (χ2n) is 25.4. The molecule has 8 heterocycles. The second-order valence-corrected chi connectivity index (χ2v) is 25.4. The lowest BCUT2D eigenvalue weighted by Gasteiger charge is -2.09. The second kappa shape index (κ2) is 20.8. The van der Waals surface area contributed by atoms with E-state index in [1.165, 1.54) is 0 Å². The first-order valence-corrected chi connectivity index (χ1v) is 32.9. The van der Waals surface area contributed by atoms with E-state index < -0.39 is 0 Å². The predicted molar refractivity (Wildman–Crippen MR) is 394 cm³/mol. The van der Waals surface area contributed by atoms with Crippen molar-refractivity contribution in [2.75, 3.05) is 0 Å². The fraction of sp³-hybridized carbons (Fsp3) is 0. The fourth-order valence-electron chi connectivity index (χ4n) is 14.7. The van der Waals surface area contributed by atoms with Gasteiger partial charge in [-0.05, 0) is 215 Å². The third kappa shape index (κ3) is 8.43. The topological polar surface area (TPSA) is 166 Å². The van der Waals surface area contributed by atoms with Crippen LogP contribution in [0.4, 0.5) is 0 Å². The molecule has 14 aromatic carbocycles. The maximum atomic E-state index is 6.91. The first-order valence-electron chi connectivity index (χ1n) is 32.9. The molecule has 22 aromatic rings. The van der Waals surface area contributed by atoms with Crippen molar-refractivity contribution in [2.24, 2.45) is 0 Å². The quantitative estimate of drug-likeness (QED) is 0.134. The van der Waals surface area contributed by atoms with E-state index in [4.69, 9.17) is 56.4 Å². The van der Waals surface area contributed by atoms with Gasteiger partial charge in [-0.25, -0.2) is 29.9 Å². The molecular weight excluding hydrogens is 1240 g/mol. The van der Waals surface area contributed by atoms with E-state index in [-0.39, 0.29) is 0 Å². The van der Waals surface area contributed by atoms with Gasteiger partial charge < -0.3 is 35.6 Å². The molecule has 100 heavy (non-hydrogen) atoms. The smallest absolute Gasteiger partial charge is 0.227 e. The predicted octanol–water partition coefficient (Wildman–Crippen LogP) is 22.7. The maximum absolute atomic E-state index is 6.91. The molecule has 0 bridgehead atoms. The molecule has 0 aliphatic carbocycles. The van der Waals surface area contributed by atoms with Crippen LogP contribution in [-0.2, 0) is 0 Å². The van der Waals surface area contributed by atoms with Gasteiger partial charge in [-0.2, -0.15) is 0 Å². The zero-order valence-corrected chi connectivity index (χ0v) is 52.6. The molecule has 0 fully saturated rings. The largest absolute Gasteiger partial charge is 0.436 e. The Morgan fingerprint density at radius 3 is 1.04 bits per heavy atom. The van der Waals surface area contributed by atoms with Crippen LogP contribution >= 0.6 is 0 Å². The maximum Gasteiger partial charge on any atom is 0.227 e. The highest BCUT2D eigenvalue weighted by molar-refractivity contribution is 6.15. The summed E-state index contributed by atoms with van der Waals surface area (Å²) in [6, 6.07) is 94.8. The molecular formula is C86H46N8O6. The van der Waals surface area contributed by atoms with Gasteiger partial charge in [0.2, 0.25) is 35.3 Å². The lowest BCUT2D eigenvalue weighted by Crippen LogP contribution is -1.94. The third-order valence-electron chi connectivity index (χ3n) is 19.5. The van der Waals surface area contributed by atoms with Crippen molar-refractivity contribution in [3.63, 3.8) is 0 Å². The van der Waals surface area contributed by atoms with E-state index in [0.29, 0.717) is 46.5 Å². The van der Waals surface area contributed by atoms with Crippen LogP contribution in [0.3, 0.4) is 0 Å². The van der Waals surface area contributed by atoms with Gasteiger partial charge in [0, 0.05) is 71.7 Å². The van der Waals surface area contributed by atoms with Gasteiger partial charge in [0.15, 0.2) is 33.5 Å². The van der Waals surface area contributed by atoms with Crippen LogP contribution in [0.25, 0.3) is 223 Å². The summed E-state index contributed by atoms with van der Waals surface area (Å²) in [5, 5.41) is 8.19. The highest BCUT2D eigenvalue weighted by atomic mass is 16.4. The van der Waals surface area contributed by atoms with Gasteiger partial charge in [-0.3, -0.25) is 0 Å². The summed E-state index contributed by atoms with van der Waals surface area (Å²) in [6.45, 7) is 0. The molecule has 0 spiro atoms. The Bertz CT molecular complexity index is 7030. The molecule has 22 rings (SSSR count). The van der Waals surface area contributed by atoms with Crippen LogP contribution < -0.4 is 0 Å². The highest BCUT2D eigenvalue weighted by Gasteiger charge is 2.24. The molecule has 14 heteroatoms. The normalized spacial score (nSPS) is 12.2. The molecule has 0 radical (unpaired) electrons. The average Bonchev–Trinajstić information content (AvgIpc) is 0.787. The van der Waals surface area contributed by atoms with Crippen molar-refractivity contribution in [2.45, 2.75) is 0 Å². The van der Waals surface area contributed by atoms with Crippen LogP contribution in [0.2, 0.25) is 0 Å². The first kappa shape index (κ1) is 54.3. The molecule has 0 saturated carbocycles. The minimum absolute atomic E-state index is 0.498. The number of para-hydroxylation sites is 6. The Morgan fingerprint density at radius 2 is 0.560 bits per heavy atom. The Morgan fingerprint density at radius 1 is 0.210 bits per heavy atom. The number of rotatable bonds is 9. The summed E-state index contributed by atoms with van der Waals surface area (Å²) in [6.07, 6.45) is 0. The number of oxazole rings is 6. The SMILES string of the molecule is c1ccc2cc3oc(-c4ccc5c(c4)c4cc(-c6nc7ccc(-c8cc9nc(-c%10ccc%11c(c%10)c%10cc(-c%12nc%13ccccc%13o%12)ccc%10n%11-c%10ccc(-c%11nc%12ccccc%12o%11)cc%10)oc9c9ccccc89)cc7o6)ccc4n5-c4ccc(-c5nc6ccccc6o5)cc4)nc3cc2c1. The van der Waals surface area contributed by atoms with Gasteiger partial charge in [0.25, 0.3) is 0 Å². The Hall–Kier alpha value is -14.0. The number of nitrogens with zero attached hydrogens (tertiary/aromatic N) is 8. The molecule has 0 aliphatic heterocycles. The fourth-order valence-corrected chi connectivity index (χ4v) is 14.7. The molecule has 14 nitrogen and oxygen atoms in total. The first-order chi connectivity index (χ1) is 49.4. The van der Waals surface area contributed by atoms with Crippen molar-refractivity contribution in [3.05, 3.63) is 279 Å². The third-order valence-corrected chi connectivity index (χ3v) is 19.5. The number of hydrogen-bond donors (Lipinski definition) is 0. The molecule has 466 valence electrons. The molecule has 0 aliphatic rings. The van der Waals surface area contributed by atoms with Gasteiger partial charge in [0.1, 0.15) is 33.1 Å². The lowest BCUT2D eigenvalue weighted by molar-refractivity contribution is 0.619. The summed E-state index contributed by atoms with van der Waals surface area (Å²) in [7, 11) is 0. The summed E-state index contributed by atoms with van der Waals surface area (Å²) in [5.74, 6) is 3.23. The Labute approximate surface area is 564 Å². The Kier molecular flexibility index (Phi) is 11.3. The van der Waals surface area contributed by atoms with E-state index in [1.54, 1.807) is 0 Å². The van der Waals surface area contributed by atoms with E-state index in [9.17, 15) is 0 Å².